The van der Waals surface area contributed by atoms with Crippen molar-refractivity contribution in [3.05, 3.63) is 77.2 Å². The van der Waals surface area contributed by atoms with Gasteiger partial charge in [-0.15, -0.1) is 0 Å². The van der Waals surface area contributed by atoms with Crippen LogP contribution in [0.5, 0.6) is 5.75 Å². The highest BCUT2D eigenvalue weighted by Gasteiger charge is 2.63. The normalized spacial score (nSPS) is 21.3. The zero-order valence-corrected chi connectivity index (χ0v) is 21.5. The van der Waals surface area contributed by atoms with Crippen LogP contribution in [0.4, 0.5) is 8.78 Å². The summed E-state index contributed by atoms with van der Waals surface area (Å²) >= 11 is 0. The number of benzene rings is 2. The summed E-state index contributed by atoms with van der Waals surface area (Å²) in [5.41, 5.74) is 0.902. The van der Waals surface area contributed by atoms with Crippen LogP contribution in [-0.4, -0.2) is 43.3 Å². The average molecular weight is 545 g/mol. The van der Waals surface area contributed by atoms with Gasteiger partial charge in [-0.1, -0.05) is 17.7 Å². The predicted molar refractivity (Wildman–Crippen MR) is 133 cm³/mol. The molecule has 1 saturated carbocycles. The number of pyridine rings is 1. The maximum absolute atomic E-state index is 15.8. The molecule has 0 spiro atoms. The maximum Gasteiger partial charge on any atom is 0.297 e. The Bertz CT molecular complexity index is 1520. The fourth-order valence-corrected chi connectivity index (χ4v) is 5.43. The van der Waals surface area contributed by atoms with Crippen LogP contribution in [0.1, 0.15) is 36.6 Å². The first-order valence-electron chi connectivity index (χ1n) is 11.9. The van der Waals surface area contributed by atoms with Gasteiger partial charge in [-0.25, -0.2) is 13.8 Å². The Kier molecular flexibility index (Phi) is 6.08. The number of primary amides is 1. The van der Waals surface area contributed by atoms with Gasteiger partial charge >= 0.3 is 0 Å². The first-order valence-corrected chi connectivity index (χ1v) is 13.3. The summed E-state index contributed by atoms with van der Waals surface area (Å²) < 4.78 is 66.2. The summed E-state index contributed by atoms with van der Waals surface area (Å²) in [4.78, 5) is 16.7. The third-order valence-corrected chi connectivity index (χ3v) is 8.60. The minimum atomic E-state index is -4.36. The third-order valence-electron chi connectivity index (χ3n) is 7.32. The fraction of sp³-hybridized carbons (Fsp3) is 0.333. The van der Waals surface area contributed by atoms with Crippen molar-refractivity contribution in [2.24, 2.45) is 5.73 Å². The van der Waals surface area contributed by atoms with Gasteiger partial charge in [0, 0.05) is 11.1 Å². The number of fused-ring (bicyclic) bond motifs is 1. The molecule has 3 N–H and O–H groups in total. The molecule has 2 heterocycles. The summed E-state index contributed by atoms with van der Waals surface area (Å²) in [5, 5.41) is 11.7. The maximum atomic E-state index is 15.8. The predicted octanol–water partition coefficient (Wildman–Crippen LogP) is 3.43. The summed E-state index contributed by atoms with van der Waals surface area (Å²) in [6.45, 7) is 2.23. The number of aryl methyl sites for hydroxylation is 1. The van der Waals surface area contributed by atoms with Gasteiger partial charge in [0.15, 0.2) is 5.60 Å². The Morgan fingerprint density at radius 2 is 1.82 bits per heavy atom. The van der Waals surface area contributed by atoms with E-state index in [2.05, 4.69) is 4.98 Å². The molecule has 0 radical (unpaired) electrons. The zero-order valence-electron chi connectivity index (χ0n) is 20.7. The van der Waals surface area contributed by atoms with Crippen molar-refractivity contribution in [2.75, 3.05) is 13.2 Å². The van der Waals surface area contributed by atoms with Crippen LogP contribution < -0.4 is 10.5 Å². The number of carbonyl (C=O) groups excluding carboxylic acids is 1. The third kappa shape index (κ3) is 4.24. The highest BCUT2D eigenvalue weighted by atomic mass is 32.2. The molecule has 2 aromatic carbocycles. The van der Waals surface area contributed by atoms with E-state index in [1.54, 1.807) is 26.0 Å². The molecule has 1 aliphatic heterocycles. The van der Waals surface area contributed by atoms with Crippen LogP contribution in [0.3, 0.4) is 0 Å². The lowest BCUT2D eigenvalue weighted by molar-refractivity contribution is -0.123. The molecule has 11 heteroatoms. The highest BCUT2D eigenvalue weighted by molar-refractivity contribution is 7.86. The van der Waals surface area contributed by atoms with Crippen LogP contribution in [0.2, 0.25) is 0 Å². The van der Waals surface area contributed by atoms with Gasteiger partial charge < -0.3 is 15.6 Å². The second kappa shape index (κ2) is 8.82. The molecule has 38 heavy (non-hydrogen) atoms. The van der Waals surface area contributed by atoms with Gasteiger partial charge in [-0.2, -0.15) is 8.42 Å². The number of alkyl halides is 1. The smallest absolute Gasteiger partial charge is 0.297 e. The molecule has 1 amide bonds. The van der Waals surface area contributed by atoms with E-state index in [-0.39, 0.29) is 47.0 Å². The van der Waals surface area contributed by atoms with Crippen molar-refractivity contribution in [2.45, 2.75) is 48.3 Å². The standard InChI is InChI=1S/C27H26F2N2O6S/c1-16-3-9-19(10-4-16)38(34,35)37-15-27(33,26(29)11-12-26)21-13-20-23(36-14-25(20,2)24(30)32)22(31-21)17-5-7-18(28)8-6-17/h3-10,13,33H,11-12,14-15H2,1-2H3,(H2,30,32)/t25-,27-/m0/s1. The number of aromatic nitrogens is 1. The second-order valence-electron chi connectivity index (χ2n) is 10.1. The molecule has 200 valence electrons. The van der Waals surface area contributed by atoms with Crippen LogP contribution in [-0.2, 0) is 30.1 Å². The molecular formula is C27H26F2N2O6S. The van der Waals surface area contributed by atoms with E-state index in [9.17, 15) is 22.7 Å². The summed E-state index contributed by atoms with van der Waals surface area (Å²) in [6, 6.07) is 12.4. The summed E-state index contributed by atoms with van der Waals surface area (Å²) in [5.74, 6) is -1.04. The Morgan fingerprint density at radius 3 is 2.39 bits per heavy atom. The van der Waals surface area contributed by atoms with Crippen LogP contribution in [0, 0.1) is 12.7 Å². The molecule has 5 rings (SSSR count). The van der Waals surface area contributed by atoms with E-state index in [4.69, 9.17) is 14.7 Å². The lowest BCUT2D eigenvalue weighted by atomic mass is 9.81. The molecule has 1 aliphatic carbocycles. The molecule has 3 aromatic rings. The number of hydrogen-bond donors (Lipinski definition) is 2. The number of hydrogen-bond acceptors (Lipinski definition) is 7. The number of rotatable bonds is 8. The molecule has 0 saturated heterocycles. The zero-order chi connectivity index (χ0) is 27.5. The topological polar surface area (TPSA) is 129 Å². The Hall–Kier alpha value is -3.41. The SMILES string of the molecule is Cc1ccc(S(=O)(=O)OC[C@](O)(c2cc3c(c(-c4ccc(F)cc4)n2)OC[C@]3(C)C(N)=O)C2(F)CC2)cc1. The number of aliphatic hydroxyl groups is 1. The number of nitrogens with two attached hydrogens (primary N) is 1. The number of amides is 1. The largest absolute Gasteiger partial charge is 0.489 e. The average Bonchev–Trinajstić information content (AvgIpc) is 3.55. The van der Waals surface area contributed by atoms with Crippen molar-refractivity contribution in [1.29, 1.82) is 0 Å². The molecule has 1 aromatic heterocycles. The Labute approximate surface area is 218 Å². The molecule has 8 nitrogen and oxygen atoms in total. The Balaban J connectivity index is 1.63. The fourth-order valence-electron chi connectivity index (χ4n) is 4.49. The van der Waals surface area contributed by atoms with Gasteiger partial charge in [0.05, 0.1) is 10.6 Å². The van der Waals surface area contributed by atoms with Gasteiger partial charge in [0.1, 0.15) is 41.6 Å². The van der Waals surface area contributed by atoms with Gasteiger partial charge in [0.25, 0.3) is 10.1 Å². The molecule has 2 aliphatic rings. The number of ether oxygens (including phenoxy) is 1. The summed E-state index contributed by atoms with van der Waals surface area (Å²) in [6.07, 6.45) is -0.128. The van der Waals surface area contributed by atoms with Crippen molar-refractivity contribution in [3.8, 4) is 17.0 Å². The van der Waals surface area contributed by atoms with Crippen LogP contribution in [0.15, 0.2) is 59.5 Å². The number of nitrogens with zero attached hydrogens (tertiary/aromatic N) is 1. The van der Waals surface area contributed by atoms with E-state index in [0.717, 1.165) is 5.56 Å². The first kappa shape index (κ1) is 26.2. The quantitative estimate of drug-likeness (QED) is 0.416. The van der Waals surface area contributed by atoms with Gasteiger partial charge in [-0.3, -0.25) is 8.98 Å². The van der Waals surface area contributed by atoms with E-state index < -0.39 is 45.1 Å². The monoisotopic (exact) mass is 544 g/mol. The minimum absolute atomic E-state index is 0.0638. The van der Waals surface area contributed by atoms with Gasteiger partial charge in [-0.05, 0) is 69.2 Å². The van der Waals surface area contributed by atoms with Crippen molar-refractivity contribution in [1.82, 2.24) is 4.98 Å². The molecule has 1 fully saturated rings. The van der Waals surface area contributed by atoms with E-state index in [1.807, 2.05) is 0 Å². The van der Waals surface area contributed by atoms with Crippen molar-refractivity contribution >= 4 is 16.0 Å². The van der Waals surface area contributed by atoms with Crippen molar-refractivity contribution < 1.29 is 36.0 Å². The van der Waals surface area contributed by atoms with Crippen LogP contribution >= 0.6 is 0 Å². The number of carbonyl (C=O) groups is 1. The molecule has 0 bridgehead atoms. The summed E-state index contributed by atoms with van der Waals surface area (Å²) in [7, 11) is -4.36. The van der Waals surface area contributed by atoms with E-state index in [1.165, 1.54) is 42.5 Å². The van der Waals surface area contributed by atoms with E-state index in [0.29, 0.717) is 5.56 Å². The second-order valence-corrected chi connectivity index (χ2v) is 11.7. The highest BCUT2D eigenvalue weighted by Crippen LogP contribution is 2.55. The molecule has 0 unspecified atom stereocenters. The van der Waals surface area contributed by atoms with E-state index >= 15 is 4.39 Å². The molecule has 2 atom stereocenters. The van der Waals surface area contributed by atoms with Crippen LogP contribution in [0.25, 0.3) is 11.3 Å². The lowest BCUT2D eigenvalue weighted by Gasteiger charge is -2.32. The molecular weight excluding hydrogens is 518 g/mol. The number of halogens is 2. The van der Waals surface area contributed by atoms with Crippen molar-refractivity contribution in [3.63, 3.8) is 0 Å². The first-order chi connectivity index (χ1) is 17.8. The minimum Gasteiger partial charge on any atom is -0.489 e. The lowest BCUT2D eigenvalue weighted by Crippen LogP contribution is -2.45. The van der Waals surface area contributed by atoms with Gasteiger partial charge in [0.2, 0.25) is 5.91 Å². The Morgan fingerprint density at radius 1 is 1.18 bits per heavy atom.